The molecule has 1 saturated heterocycles. The Bertz CT molecular complexity index is 677. The third-order valence-electron chi connectivity index (χ3n) is 4.60. The van der Waals surface area contributed by atoms with Gasteiger partial charge in [-0.1, -0.05) is 0 Å². The van der Waals surface area contributed by atoms with Crippen molar-refractivity contribution < 1.29 is 9.53 Å². The van der Waals surface area contributed by atoms with Crippen molar-refractivity contribution in [1.29, 1.82) is 0 Å². The van der Waals surface area contributed by atoms with Gasteiger partial charge in [0.25, 0.3) is 0 Å². The van der Waals surface area contributed by atoms with Crippen LogP contribution < -0.4 is 5.32 Å². The number of aromatic nitrogens is 1. The minimum absolute atomic E-state index is 0.207. The quantitative estimate of drug-likeness (QED) is 0.429. The molecule has 2 heterocycles. The lowest BCUT2D eigenvalue weighted by Gasteiger charge is -2.35. The predicted molar refractivity (Wildman–Crippen MR) is 119 cm³/mol. The number of nitrogens with zero attached hydrogens (tertiary/aromatic N) is 5. The fraction of sp³-hybridized carbons (Fsp3) is 0.750. The highest BCUT2D eigenvalue weighted by Crippen LogP contribution is 2.12. The van der Waals surface area contributed by atoms with Gasteiger partial charge in [-0.25, -0.2) is 9.78 Å². The van der Waals surface area contributed by atoms with E-state index in [1.165, 1.54) is 0 Å². The summed E-state index contributed by atoms with van der Waals surface area (Å²) in [4.78, 5) is 27.3. The maximum absolute atomic E-state index is 12.1. The van der Waals surface area contributed by atoms with Crippen LogP contribution in [0.15, 0.2) is 10.4 Å². The Morgan fingerprint density at radius 3 is 2.59 bits per heavy atom. The molecular weight excluding hydrogens is 388 g/mol. The zero-order chi connectivity index (χ0) is 21.4. The summed E-state index contributed by atoms with van der Waals surface area (Å²) in [6, 6.07) is 0. The zero-order valence-electron chi connectivity index (χ0n) is 18.7. The van der Waals surface area contributed by atoms with Crippen molar-refractivity contribution in [1.82, 2.24) is 25.0 Å². The van der Waals surface area contributed by atoms with Crippen LogP contribution in [0.25, 0.3) is 0 Å². The number of aryl methyl sites for hydroxylation is 1. The highest BCUT2D eigenvalue weighted by atomic mass is 32.1. The van der Waals surface area contributed by atoms with Crippen molar-refractivity contribution in [3.63, 3.8) is 0 Å². The van der Waals surface area contributed by atoms with Crippen LogP contribution in [0.5, 0.6) is 0 Å². The minimum Gasteiger partial charge on any atom is -0.444 e. The van der Waals surface area contributed by atoms with Crippen LogP contribution in [0, 0.1) is 6.92 Å². The second-order valence-corrected chi connectivity index (χ2v) is 9.41. The van der Waals surface area contributed by atoms with E-state index in [0.717, 1.165) is 68.9 Å². The third-order valence-corrected chi connectivity index (χ3v) is 5.42. The molecule has 1 fully saturated rings. The molecule has 2 rings (SSSR count). The van der Waals surface area contributed by atoms with Crippen molar-refractivity contribution in [3.05, 3.63) is 16.1 Å². The molecule has 0 aromatic carbocycles. The van der Waals surface area contributed by atoms with E-state index < -0.39 is 5.60 Å². The Morgan fingerprint density at radius 1 is 1.34 bits per heavy atom. The lowest BCUT2D eigenvalue weighted by molar-refractivity contribution is 0.0145. The number of hydrogen-bond acceptors (Lipinski definition) is 6. The van der Waals surface area contributed by atoms with E-state index in [1.54, 1.807) is 23.3 Å². The molecule has 0 aliphatic carbocycles. The summed E-state index contributed by atoms with van der Waals surface area (Å²) in [5.74, 6) is 0.880. The fourth-order valence-electron chi connectivity index (χ4n) is 3.17. The van der Waals surface area contributed by atoms with Crippen LogP contribution in [-0.2, 0) is 11.3 Å². The van der Waals surface area contributed by atoms with Gasteiger partial charge in [0, 0.05) is 52.2 Å². The van der Waals surface area contributed by atoms with Crippen LogP contribution in [0.4, 0.5) is 4.79 Å². The lowest BCUT2D eigenvalue weighted by Crippen LogP contribution is -2.50. The Morgan fingerprint density at radius 2 is 2.03 bits per heavy atom. The van der Waals surface area contributed by atoms with Crippen molar-refractivity contribution >= 4 is 23.4 Å². The smallest absolute Gasteiger partial charge is 0.410 e. The first-order valence-electron chi connectivity index (χ1n) is 10.2. The van der Waals surface area contributed by atoms with Crippen LogP contribution >= 0.6 is 11.3 Å². The molecule has 29 heavy (non-hydrogen) atoms. The van der Waals surface area contributed by atoms with Gasteiger partial charge < -0.3 is 19.9 Å². The Balaban J connectivity index is 1.64. The molecule has 0 radical (unpaired) electrons. The summed E-state index contributed by atoms with van der Waals surface area (Å²) in [5, 5.41) is 6.61. The number of rotatable bonds is 6. The molecule has 1 aliphatic heterocycles. The number of thiazole rings is 1. The topological polar surface area (TPSA) is 73.3 Å². The molecule has 0 unspecified atom stereocenters. The average Bonchev–Trinajstić information content (AvgIpc) is 3.05. The van der Waals surface area contributed by atoms with Gasteiger partial charge in [-0.15, -0.1) is 11.3 Å². The zero-order valence-corrected chi connectivity index (χ0v) is 19.5. The first-order chi connectivity index (χ1) is 13.7. The number of carbonyl (C=O) groups is 1. The summed E-state index contributed by atoms with van der Waals surface area (Å²) < 4.78 is 5.45. The maximum atomic E-state index is 12.1. The van der Waals surface area contributed by atoms with E-state index in [1.807, 2.05) is 34.7 Å². The van der Waals surface area contributed by atoms with Crippen LogP contribution in [0.2, 0.25) is 0 Å². The molecule has 0 atom stereocenters. The maximum Gasteiger partial charge on any atom is 0.410 e. The molecular formula is C20H36N6O2S. The van der Waals surface area contributed by atoms with Gasteiger partial charge in [-0.05, 0) is 40.7 Å². The number of nitrogens with one attached hydrogen (secondary N) is 1. The lowest BCUT2D eigenvalue weighted by atomic mass is 10.2. The van der Waals surface area contributed by atoms with Gasteiger partial charge in [-0.3, -0.25) is 9.89 Å². The first-order valence-corrected chi connectivity index (χ1v) is 11.1. The van der Waals surface area contributed by atoms with E-state index in [2.05, 4.69) is 30.5 Å². The Hall–Kier alpha value is -1.87. The summed E-state index contributed by atoms with van der Waals surface area (Å²) in [6.45, 7) is 13.5. The van der Waals surface area contributed by atoms with Gasteiger partial charge in [0.15, 0.2) is 5.96 Å². The Labute approximate surface area is 178 Å². The predicted octanol–water partition coefficient (Wildman–Crippen LogP) is 2.40. The number of piperazine rings is 1. The molecule has 1 aromatic heterocycles. The van der Waals surface area contributed by atoms with Crippen molar-refractivity contribution in [2.45, 2.75) is 46.3 Å². The van der Waals surface area contributed by atoms with Gasteiger partial charge in [0.1, 0.15) is 5.60 Å². The van der Waals surface area contributed by atoms with Crippen molar-refractivity contribution in [2.75, 3.05) is 53.4 Å². The molecule has 1 amide bonds. The molecule has 0 spiro atoms. The van der Waals surface area contributed by atoms with E-state index in [9.17, 15) is 4.79 Å². The summed E-state index contributed by atoms with van der Waals surface area (Å²) >= 11 is 1.67. The molecule has 0 saturated carbocycles. The van der Waals surface area contributed by atoms with Gasteiger partial charge >= 0.3 is 6.09 Å². The van der Waals surface area contributed by atoms with Crippen molar-refractivity contribution in [3.8, 4) is 0 Å². The molecule has 1 aliphatic rings. The second-order valence-electron chi connectivity index (χ2n) is 8.35. The molecule has 1 aromatic rings. The third kappa shape index (κ3) is 8.18. The molecule has 164 valence electrons. The van der Waals surface area contributed by atoms with E-state index in [4.69, 9.17) is 4.74 Å². The highest BCUT2D eigenvalue weighted by molar-refractivity contribution is 7.09. The number of carbonyl (C=O) groups excluding carboxylic acids is 1. The molecule has 0 bridgehead atoms. The van der Waals surface area contributed by atoms with Gasteiger partial charge in [-0.2, -0.15) is 0 Å². The normalized spacial score (nSPS) is 16.1. The largest absolute Gasteiger partial charge is 0.444 e. The number of ether oxygens (including phenoxy) is 1. The average molecular weight is 425 g/mol. The SMILES string of the molecule is CN=C(NCCCN1CCN(C(=O)OC(C)(C)C)CC1)N(C)Cc1csc(C)n1. The van der Waals surface area contributed by atoms with E-state index in [-0.39, 0.29) is 6.09 Å². The number of hydrogen-bond donors (Lipinski definition) is 1. The van der Waals surface area contributed by atoms with E-state index in [0.29, 0.717) is 0 Å². The highest BCUT2D eigenvalue weighted by Gasteiger charge is 2.25. The summed E-state index contributed by atoms with van der Waals surface area (Å²) in [7, 11) is 3.83. The summed E-state index contributed by atoms with van der Waals surface area (Å²) in [5.41, 5.74) is 0.630. The van der Waals surface area contributed by atoms with E-state index >= 15 is 0 Å². The van der Waals surface area contributed by atoms with Crippen LogP contribution in [0.1, 0.15) is 37.9 Å². The van der Waals surface area contributed by atoms with Crippen molar-refractivity contribution in [2.24, 2.45) is 4.99 Å². The second kappa shape index (κ2) is 10.8. The Kier molecular flexibility index (Phi) is 8.70. The number of guanidine groups is 1. The molecule has 9 heteroatoms. The first kappa shape index (κ1) is 23.4. The fourth-order valence-corrected chi connectivity index (χ4v) is 3.77. The minimum atomic E-state index is -0.441. The molecule has 1 N–H and O–H groups in total. The van der Waals surface area contributed by atoms with Crippen LogP contribution in [-0.4, -0.2) is 90.7 Å². The monoisotopic (exact) mass is 424 g/mol. The van der Waals surface area contributed by atoms with Gasteiger partial charge in [0.2, 0.25) is 0 Å². The standard InChI is InChI=1S/C20H36N6O2S/c1-16-23-17(15-29-16)14-24(6)18(21-5)22-8-7-9-25-10-12-26(13-11-25)19(27)28-20(2,3)4/h15H,7-14H2,1-6H3,(H,21,22). The number of amides is 1. The van der Waals surface area contributed by atoms with Gasteiger partial charge in [0.05, 0.1) is 17.2 Å². The van der Waals surface area contributed by atoms with Crippen LogP contribution in [0.3, 0.4) is 0 Å². The summed E-state index contributed by atoms with van der Waals surface area (Å²) in [6.07, 6.45) is 0.815. The molecule has 8 nitrogen and oxygen atoms in total. The number of aliphatic imine (C=N–C) groups is 1.